The van der Waals surface area contributed by atoms with Crippen molar-refractivity contribution < 1.29 is 17.9 Å². The number of pyridine rings is 1. The van der Waals surface area contributed by atoms with Crippen LogP contribution in [0.25, 0.3) is 10.9 Å². The van der Waals surface area contributed by atoms with Crippen molar-refractivity contribution in [3.05, 3.63) is 35.0 Å². The number of nitrogens with zero attached hydrogens (tertiary/aromatic N) is 1. The molecule has 18 heavy (non-hydrogen) atoms. The van der Waals surface area contributed by atoms with Gasteiger partial charge in [-0.15, -0.1) is 0 Å². The summed E-state index contributed by atoms with van der Waals surface area (Å²) >= 11 is 5.84. The van der Waals surface area contributed by atoms with Gasteiger partial charge in [-0.25, -0.2) is 4.98 Å². The predicted octanol–water partition coefficient (Wildman–Crippen LogP) is 4.31. The molecule has 0 saturated heterocycles. The molecule has 0 aliphatic heterocycles. The third-order valence-electron chi connectivity index (χ3n) is 2.33. The maximum Gasteiger partial charge on any atom is 0.433 e. The van der Waals surface area contributed by atoms with Crippen molar-refractivity contribution in [2.24, 2.45) is 0 Å². The molecule has 0 saturated carbocycles. The molecule has 0 N–H and O–H groups in total. The van der Waals surface area contributed by atoms with Gasteiger partial charge in [-0.2, -0.15) is 13.2 Å². The lowest BCUT2D eigenvalue weighted by molar-refractivity contribution is -0.140. The van der Waals surface area contributed by atoms with Crippen molar-refractivity contribution in [1.82, 2.24) is 4.98 Å². The maximum atomic E-state index is 12.5. The summed E-state index contributed by atoms with van der Waals surface area (Å²) in [7, 11) is 0. The van der Waals surface area contributed by atoms with Crippen LogP contribution in [0.4, 0.5) is 13.2 Å². The molecule has 0 bridgehead atoms. The summed E-state index contributed by atoms with van der Waals surface area (Å²) in [6.07, 6.45) is -4.50. The molecule has 2 rings (SSSR count). The lowest BCUT2D eigenvalue weighted by Crippen LogP contribution is -2.08. The summed E-state index contributed by atoms with van der Waals surface area (Å²) in [6, 6.07) is 5.42. The summed E-state index contributed by atoms with van der Waals surface area (Å²) in [5.41, 5.74) is -0.803. The zero-order valence-electron chi connectivity index (χ0n) is 9.38. The van der Waals surface area contributed by atoms with Gasteiger partial charge in [0.25, 0.3) is 0 Å². The standard InChI is InChI=1S/C12H9ClF3NO/c1-2-18-7-3-4-10-8(5-7)9(13)6-11(17-10)12(14,15)16/h3-6H,2H2,1H3. The highest BCUT2D eigenvalue weighted by molar-refractivity contribution is 6.35. The Balaban J connectivity index is 2.59. The van der Waals surface area contributed by atoms with E-state index in [2.05, 4.69) is 4.98 Å². The number of halogens is 4. The minimum Gasteiger partial charge on any atom is -0.494 e. The number of alkyl halides is 3. The Morgan fingerprint density at radius 2 is 2.00 bits per heavy atom. The first kappa shape index (κ1) is 13.0. The number of benzene rings is 1. The molecular weight excluding hydrogens is 267 g/mol. The molecule has 2 nitrogen and oxygen atoms in total. The minimum atomic E-state index is -4.50. The van der Waals surface area contributed by atoms with Crippen molar-refractivity contribution in [2.45, 2.75) is 13.1 Å². The molecule has 0 aliphatic carbocycles. The van der Waals surface area contributed by atoms with E-state index in [1.54, 1.807) is 12.1 Å². The molecule has 1 heterocycles. The van der Waals surface area contributed by atoms with Crippen molar-refractivity contribution in [1.29, 1.82) is 0 Å². The lowest BCUT2D eigenvalue weighted by Gasteiger charge is -2.09. The first-order valence-corrected chi connectivity index (χ1v) is 5.60. The Morgan fingerprint density at radius 3 is 2.61 bits per heavy atom. The highest BCUT2D eigenvalue weighted by Gasteiger charge is 2.33. The summed E-state index contributed by atoms with van der Waals surface area (Å²) in [5, 5.41) is 0.449. The Hall–Kier alpha value is -1.49. The van der Waals surface area contributed by atoms with Gasteiger partial charge in [0.2, 0.25) is 0 Å². The Morgan fingerprint density at radius 1 is 1.28 bits per heavy atom. The second-order valence-electron chi connectivity index (χ2n) is 3.60. The van der Waals surface area contributed by atoms with Crippen LogP contribution in [0.1, 0.15) is 12.6 Å². The van der Waals surface area contributed by atoms with E-state index in [1.807, 2.05) is 6.92 Å². The molecule has 0 atom stereocenters. The highest BCUT2D eigenvalue weighted by atomic mass is 35.5. The van der Waals surface area contributed by atoms with Crippen LogP contribution in [-0.2, 0) is 6.18 Å². The highest BCUT2D eigenvalue weighted by Crippen LogP contribution is 2.33. The molecule has 0 unspecified atom stereocenters. The molecule has 2 aromatic rings. The molecule has 0 amide bonds. The minimum absolute atomic E-state index is 0.00822. The fraction of sp³-hybridized carbons (Fsp3) is 0.250. The molecule has 6 heteroatoms. The van der Waals surface area contributed by atoms with Crippen molar-refractivity contribution >= 4 is 22.5 Å². The Kier molecular flexibility index (Phi) is 3.34. The van der Waals surface area contributed by atoms with E-state index in [0.29, 0.717) is 17.7 Å². The molecule has 0 aliphatic rings. The number of aromatic nitrogens is 1. The van der Waals surface area contributed by atoms with E-state index in [1.165, 1.54) is 6.07 Å². The topological polar surface area (TPSA) is 22.1 Å². The van der Waals surface area contributed by atoms with Gasteiger partial charge in [-0.3, -0.25) is 0 Å². The SMILES string of the molecule is CCOc1ccc2nc(C(F)(F)F)cc(Cl)c2c1. The van der Waals surface area contributed by atoms with Crippen LogP contribution in [0.5, 0.6) is 5.75 Å². The van der Waals surface area contributed by atoms with E-state index in [0.717, 1.165) is 6.07 Å². The zero-order chi connectivity index (χ0) is 13.3. The summed E-state index contributed by atoms with van der Waals surface area (Å²) < 4.78 is 42.9. The Bertz CT molecular complexity index is 583. The van der Waals surface area contributed by atoms with Crippen LogP contribution in [0, 0.1) is 0 Å². The van der Waals surface area contributed by atoms with Gasteiger partial charge in [0.1, 0.15) is 11.4 Å². The van der Waals surface area contributed by atoms with Gasteiger partial charge in [0.15, 0.2) is 0 Å². The largest absolute Gasteiger partial charge is 0.494 e. The predicted molar refractivity (Wildman–Crippen MR) is 62.9 cm³/mol. The first-order valence-electron chi connectivity index (χ1n) is 5.22. The smallest absolute Gasteiger partial charge is 0.433 e. The van der Waals surface area contributed by atoms with E-state index >= 15 is 0 Å². The average molecular weight is 276 g/mol. The molecule has 1 aromatic carbocycles. The summed E-state index contributed by atoms with van der Waals surface area (Å²) in [4.78, 5) is 3.54. The van der Waals surface area contributed by atoms with Crippen LogP contribution in [0.15, 0.2) is 24.3 Å². The van der Waals surface area contributed by atoms with E-state index < -0.39 is 11.9 Å². The second-order valence-corrected chi connectivity index (χ2v) is 4.01. The zero-order valence-corrected chi connectivity index (χ0v) is 10.1. The number of rotatable bonds is 2. The molecule has 96 valence electrons. The molecule has 0 radical (unpaired) electrons. The van der Waals surface area contributed by atoms with E-state index in [-0.39, 0.29) is 10.5 Å². The number of hydrogen-bond acceptors (Lipinski definition) is 2. The third-order valence-corrected chi connectivity index (χ3v) is 2.64. The second kappa shape index (κ2) is 4.65. The van der Waals surface area contributed by atoms with Gasteiger partial charge in [0, 0.05) is 5.39 Å². The molecule has 0 spiro atoms. The Labute approximate surface area is 106 Å². The van der Waals surface area contributed by atoms with Gasteiger partial charge in [-0.05, 0) is 31.2 Å². The monoisotopic (exact) mass is 275 g/mol. The van der Waals surface area contributed by atoms with Crippen LogP contribution >= 0.6 is 11.6 Å². The molecule has 1 aromatic heterocycles. The fourth-order valence-electron chi connectivity index (χ4n) is 1.57. The average Bonchev–Trinajstić information content (AvgIpc) is 2.29. The fourth-order valence-corrected chi connectivity index (χ4v) is 1.82. The van der Waals surface area contributed by atoms with Crippen molar-refractivity contribution in [3.8, 4) is 5.75 Å². The molecule has 0 fully saturated rings. The number of fused-ring (bicyclic) bond motifs is 1. The number of ether oxygens (including phenoxy) is 1. The first-order chi connectivity index (χ1) is 8.41. The molecular formula is C12H9ClF3NO. The van der Waals surface area contributed by atoms with Crippen LogP contribution in [-0.4, -0.2) is 11.6 Å². The van der Waals surface area contributed by atoms with Gasteiger partial charge in [0.05, 0.1) is 17.1 Å². The summed E-state index contributed by atoms with van der Waals surface area (Å²) in [6.45, 7) is 2.29. The quantitative estimate of drug-likeness (QED) is 0.815. The van der Waals surface area contributed by atoms with Crippen molar-refractivity contribution in [3.63, 3.8) is 0 Å². The van der Waals surface area contributed by atoms with Crippen molar-refractivity contribution in [2.75, 3.05) is 6.61 Å². The van der Waals surface area contributed by atoms with E-state index in [4.69, 9.17) is 16.3 Å². The van der Waals surface area contributed by atoms with Gasteiger partial charge in [-0.1, -0.05) is 11.6 Å². The maximum absolute atomic E-state index is 12.5. The lowest BCUT2D eigenvalue weighted by atomic mass is 10.2. The van der Waals surface area contributed by atoms with Crippen LogP contribution < -0.4 is 4.74 Å². The van der Waals surface area contributed by atoms with Crippen LogP contribution in [0.3, 0.4) is 0 Å². The van der Waals surface area contributed by atoms with Crippen LogP contribution in [0.2, 0.25) is 5.02 Å². The van der Waals surface area contributed by atoms with Gasteiger partial charge >= 0.3 is 6.18 Å². The normalized spacial score (nSPS) is 11.8. The third kappa shape index (κ3) is 2.51. The van der Waals surface area contributed by atoms with E-state index in [9.17, 15) is 13.2 Å². The number of hydrogen-bond donors (Lipinski definition) is 0. The van der Waals surface area contributed by atoms with Gasteiger partial charge < -0.3 is 4.74 Å². The summed E-state index contributed by atoms with van der Waals surface area (Å²) in [5.74, 6) is 0.549.